The molecule has 8 atom stereocenters. The number of nitrogens with one attached hydrogen (secondary N) is 2. The van der Waals surface area contributed by atoms with Gasteiger partial charge in [0.25, 0.3) is 0 Å². The summed E-state index contributed by atoms with van der Waals surface area (Å²) in [5.41, 5.74) is 7.28. The molecule has 0 radical (unpaired) electrons. The van der Waals surface area contributed by atoms with Crippen molar-refractivity contribution in [3.63, 3.8) is 0 Å². The fraction of sp³-hybridized carbons (Fsp3) is 0.703. The summed E-state index contributed by atoms with van der Waals surface area (Å²) in [7, 11) is 0. The Morgan fingerprint density at radius 2 is 1.91 bits per heavy atom. The lowest BCUT2D eigenvalue weighted by Gasteiger charge is -2.32. The molecule has 0 saturated heterocycles. The Hall–Kier alpha value is -2.55. The van der Waals surface area contributed by atoms with Crippen molar-refractivity contribution < 1.29 is 25.2 Å². The Labute approximate surface area is 270 Å². The molecule has 3 aliphatic rings. The molecule has 252 valence electrons. The van der Waals surface area contributed by atoms with E-state index in [0.717, 1.165) is 63.5 Å². The Morgan fingerprint density at radius 1 is 1.09 bits per heavy atom. The van der Waals surface area contributed by atoms with Gasteiger partial charge in [0.15, 0.2) is 0 Å². The number of aromatic nitrogens is 1. The van der Waals surface area contributed by atoms with Crippen LogP contribution >= 0.6 is 0 Å². The van der Waals surface area contributed by atoms with Gasteiger partial charge in [-0.05, 0) is 106 Å². The minimum absolute atomic E-state index is 0.0241. The zero-order valence-electron chi connectivity index (χ0n) is 27.4. The van der Waals surface area contributed by atoms with Gasteiger partial charge in [0.2, 0.25) is 0 Å². The Morgan fingerprint density at radius 3 is 2.62 bits per heavy atom. The molecule has 1 aromatic rings. The van der Waals surface area contributed by atoms with Gasteiger partial charge >= 0.3 is 5.97 Å². The molecule has 0 spiro atoms. The molecule has 2 heterocycles. The van der Waals surface area contributed by atoms with Gasteiger partial charge in [0, 0.05) is 24.4 Å². The first-order chi connectivity index (χ1) is 21.7. The molecule has 1 aromatic heterocycles. The standard InChI is InChI=1S/C37H59N3O5/c1-2-3-5-9-26-13-14-29(34(42)22-26)10-6-4-7-12-32(36(43)44)33(41)15-17-37(45)25-28(20-27-16-19-40-35(38)23-27)21-30(37)24-31-11-8-18-39-31/h8,11,13-14,16,18,23,26,28-30,32-34,39-42,45H,2-7,9-10,12,15,17,19-22,24-25,38H2,1H3,(H,43,44). The number of carbonyl (C=O) groups is 1. The number of hydrogen-bond acceptors (Lipinski definition) is 6. The van der Waals surface area contributed by atoms with Crippen LogP contribution in [0.25, 0.3) is 0 Å². The number of hydrogen-bond donors (Lipinski definition) is 7. The summed E-state index contributed by atoms with van der Waals surface area (Å²) in [5, 5.41) is 46.8. The number of H-pyrrole nitrogens is 1. The molecule has 8 N–H and O–H groups in total. The normalized spacial score (nSPS) is 29.6. The van der Waals surface area contributed by atoms with Gasteiger partial charge in [0.1, 0.15) is 0 Å². The van der Waals surface area contributed by atoms with E-state index in [1.54, 1.807) is 0 Å². The van der Waals surface area contributed by atoms with Gasteiger partial charge in [-0.25, -0.2) is 0 Å². The second kappa shape index (κ2) is 17.4. The molecule has 45 heavy (non-hydrogen) atoms. The number of unbranched alkanes of at least 4 members (excludes halogenated alkanes) is 4. The van der Waals surface area contributed by atoms with Crippen LogP contribution < -0.4 is 11.1 Å². The predicted octanol–water partition coefficient (Wildman–Crippen LogP) is 5.96. The average molecular weight is 626 g/mol. The number of carboxylic acid groups (broad SMARTS) is 1. The number of carboxylic acids is 1. The quantitative estimate of drug-likeness (QED) is 0.0740. The minimum Gasteiger partial charge on any atom is -0.481 e. The van der Waals surface area contributed by atoms with Crippen LogP contribution in [-0.4, -0.2) is 55.7 Å². The number of nitrogens with two attached hydrogens (primary N) is 1. The van der Waals surface area contributed by atoms with Crippen LogP contribution in [0.1, 0.15) is 109 Å². The van der Waals surface area contributed by atoms with Crippen LogP contribution in [0.2, 0.25) is 0 Å². The molecule has 1 fully saturated rings. The van der Waals surface area contributed by atoms with Gasteiger partial charge < -0.3 is 36.5 Å². The summed E-state index contributed by atoms with van der Waals surface area (Å²) < 4.78 is 0. The summed E-state index contributed by atoms with van der Waals surface area (Å²) in [6.45, 7) is 2.92. The lowest BCUT2D eigenvalue weighted by molar-refractivity contribution is -0.146. The SMILES string of the molecule is CCCCCC1C=CC(CCCCCC(C(=O)O)C(O)CCC2(O)CC(CC3=CCNC(N)=C3)CC2Cc2ccc[nH]2)C(O)C1. The number of aromatic amines is 1. The van der Waals surface area contributed by atoms with Crippen molar-refractivity contribution >= 4 is 5.97 Å². The molecule has 8 heteroatoms. The Balaban J connectivity index is 1.24. The highest BCUT2D eigenvalue weighted by Gasteiger charge is 2.46. The molecule has 0 amide bonds. The first-order valence-corrected chi connectivity index (χ1v) is 17.7. The Kier molecular flexibility index (Phi) is 13.6. The predicted molar refractivity (Wildman–Crippen MR) is 179 cm³/mol. The molecule has 8 unspecified atom stereocenters. The lowest BCUT2D eigenvalue weighted by Crippen LogP contribution is -2.37. The lowest BCUT2D eigenvalue weighted by atomic mass is 9.80. The summed E-state index contributed by atoms with van der Waals surface area (Å²) in [5.74, 6) is -0.158. The second-order valence-electron chi connectivity index (χ2n) is 14.3. The van der Waals surface area contributed by atoms with Crippen LogP contribution in [-0.2, 0) is 11.2 Å². The van der Waals surface area contributed by atoms with E-state index >= 15 is 0 Å². The van der Waals surface area contributed by atoms with Crippen molar-refractivity contribution in [1.29, 1.82) is 0 Å². The largest absolute Gasteiger partial charge is 0.481 e. The van der Waals surface area contributed by atoms with Crippen LogP contribution in [0.4, 0.5) is 0 Å². The van der Waals surface area contributed by atoms with Crippen molar-refractivity contribution in [3.8, 4) is 0 Å². The van der Waals surface area contributed by atoms with E-state index in [4.69, 9.17) is 5.73 Å². The molecule has 1 saturated carbocycles. The smallest absolute Gasteiger partial charge is 0.309 e. The third-order valence-electron chi connectivity index (χ3n) is 10.7. The zero-order valence-corrected chi connectivity index (χ0v) is 27.4. The van der Waals surface area contributed by atoms with E-state index in [1.807, 2.05) is 24.4 Å². The molecule has 1 aliphatic heterocycles. The summed E-state index contributed by atoms with van der Waals surface area (Å²) in [4.78, 5) is 15.4. The van der Waals surface area contributed by atoms with Crippen molar-refractivity contribution in [3.05, 3.63) is 59.7 Å². The molecule has 4 rings (SSSR count). The van der Waals surface area contributed by atoms with Gasteiger partial charge in [0.05, 0.1) is 29.5 Å². The molecule has 8 nitrogen and oxygen atoms in total. The number of aliphatic carboxylic acids is 1. The zero-order chi connectivity index (χ0) is 32.2. The van der Waals surface area contributed by atoms with Gasteiger partial charge in [-0.3, -0.25) is 4.79 Å². The number of dihydropyridines is 1. The third kappa shape index (κ3) is 10.8. The van der Waals surface area contributed by atoms with E-state index in [2.05, 4.69) is 35.5 Å². The third-order valence-corrected chi connectivity index (χ3v) is 10.7. The molecule has 0 bridgehead atoms. The van der Waals surface area contributed by atoms with E-state index in [-0.39, 0.29) is 24.4 Å². The van der Waals surface area contributed by atoms with Crippen molar-refractivity contribution in [2.24, 2.45) is 35.3 Å². The monoisotopic (exact) mass is 625 g/mol. The highest BCUT2D eigenvalue weighted by Crippen LogP contribution is 2.47. The maximum Gasteiger partial charge on any atom is 0.309 e. The summed E-state index contributed by atoms with van der Waals surface area (Å²) >= 11 is 0. The topological polar surface area (TPSA) is 152 Å². The fourth-order valence-electron chi connectivity index (χ4n) is 8.10. The van der Waals surface area contributed by atoms with Crippen LogP contribution in [0.5, 0.6) is 0 Å². The number of aliphatic hydroxyl groups is 3. The average Bonchev–Trinajstić information content (AvgIpc) is 3.62. The van der Waals surface area contributed by atoms with Gasteiger partial charge in [-0.15, -0.1) is 0 Å². The van der Waals surface area contributed by atoms with Crippen LogP contribution in [0.15, 0.2) is 54.0 Å². The number of aliphatic hydroxyl groups excluding tert-OH is 2. The van der Waals surface area contributed by atoms with Crippen molar-refractivity contribution in [2.45, 2.75) is 127 Å². The van der Waals surface area contributed by atoms with E-state index in [9.17, 15) is 25.2 Å². The van der Waals surface area contributed by atoms with E-state index in [0.29, 0.717) is 43.5 Å². The molecule has 0 aromatic carbocycles. The van der Waals surface area contributed by atoms with Crippen molar-refractivity contribution in [2.75, 3.05) is 6.54 Å². The second-order valence-corrected chi connectivity index (χ2v) is 14.3. The van der Waals surface area contributed by atoms with Gasteiger partial charge in [-0.1, -0.05) is 63.7 Å². The first kappa shape index (κ1) is 35.3. The van der Waals surface area contributed by atoms with Crippen molar-refractivity contribution in [1.82, 2.24) is 10.3 Å². The molecular weight excluding hydrogens is 566 g/mol. The van der Waals surface area contributed by atoms with Gasteiger partial charge in [-0.2, -0.15) is 0 Å². The van der Waals surface area contributed by atoms with Crippen LogP contribution in [0.3, 0.4) is 0 Å². The minimum atomic E-state index is -1.00. The van der Waals surface area contributed by atoms with Crippen LogP contribution in [0, 0.1) is 29.6 Å². The van der Waals surface area contributed by atoms with E-state index in [1.165, 1.54) is 24.8 Å². The maximum atomic E-state index is 12.2. The van der Waals surface area contributed by atoms with E-state index < -0.39 is 23.6 Å². The number of allylic oxidation sites excluding steroid dienone is 3. The summed E-state index contributed by atoms with van der Waals surface area (Å²) in [6, 6.07) is 4.01. The highest BCUT2D eigenvalue weighted by atomic mass is 16.4. The highest BCUT2D eigenvalue weighted by molar-refractivity contribution is 5.70. The fourth-order valence-corrected chi connectivity index (χ4v) is 8.10. The molecular formula is C37H59N3O5. The Bertz CT molecular complexity index is 1130. The maximum absolute atomic E-state index is 12.2. The molecule has 2 aliphatic carbocycles. The number of rotatable bonds is 19. The first-order valence-electron chi connectivity index (χ1n) is 17.7. The summed E-state index contributed by atoms with van der Waals surface area (Å²) in [6.07, 6.45) is 22.5.